The molecule has 1 aliphatic rings. The summed E-state index contributed by atoms with van der Waals surface area (Å²) in [6.07, 6.45) is -5.15. The Labute approximate surface area is 111 Å². The van der Waals surface area contributed by atoms with Crippen molar-refractivity contribution in [2.45, 2.75) is 51.8 Å². The van der Waals surface area contributed by atoms with Crippen molar-refractivity contribution in [3.8, 4) is 0 Å². The van der Waals surface area contributed by atoms with E-state index in [0.717, 1.165) is 6.42 Å². The fourth-order valence-corrected chi connectivity index (χ4v) is 2.30. The quantitative estimate of drug-likeness (QED) is 0.860. The van der Waals surface area contributed by atoms with Crippen LogP contribution in [0.15, 0.2) is 0 Å². The van der Waals surface area contributed by atoms with E-state index in [1.165, 1.54) is 0 Å². The Balaban J connectivity index is 2.38. The molecule has 19 heavy (non-hydrogen) atoms. The molecule has 1 aliphatic heterocycles. The van der Waals surface area contributed by atoms with E-state index in [2.05, 4.69) is 0 Å². The van der Waals surface area contributed by atoms with Crippen molar-refractivity contribution in [1.82, 2.24) is 4.90 Å². The van der Waals surface area contributed by atoms with E-state index in [1.54, 1.807) is 4.90 Å². The predicted octanol–water partition coefficient (Wildman–Crippen LogP) is 2.58. The Morgan fingerprint density at radius 1 is 1.32 bits per heavy atom. The lowest BCUT2D eigenvalue weighted by Crippen LogP contribution is -2.45. The van der Waals surface area contributed by atoms with Gasteiger partial charge in [-0.15, -0.1) is 0 Å². The van der Waals surface area contributed by atoms with Crippen molar-refractivity contribution in [2.75, 3.05) is 13.1 Å². The molecule has 0 saturated carbocycles. The molecular formula is C13H22F3NO2. The first-order valence-corrected chi connectivity index (χ1v) is 6.74. The third kappa shape index (κ3) is 5.01. The number of piperidine rings is 1. The Kier molecular flexibility index (Phi) is 5.64. The summed E-state index contributed by atoms with van der Waals surface area (Å²) in [4.78, 5) is 13.4. The van der Waals surface area contributed by atoms with Crippen molar-refractivity contribution in [1.29, 1.82) is 0 Å². The molecule has 0 aromatic rings. The molecule has 1 fully saturated rings. The highest BCUT2D eigenvalue weighted by atomic mass is 19.4. The molecular weight excluding hydrogens is 259 g/mol. The fraction of sp³-hybridized carbons (Fsp3) is 0.923. The van der Waals surface area contributed by atoms with Gasteiger partial charge in [-0.3, -0.25) is 4.79 Å². The van der Waals surface area contributed by atoms with Crippen LogP contribution in [0.1, 0.15) is 39.5 Å². The number of halogens is 3. The van der Waals surface area contributed by atoms with Crippen LogP contribution in [-0.4, -0.2) is 41.3 Å². The van der Waals surface area contributed by atoms with Gasteiger partial charge in [0.1, 0.15) is 0 Å². The SMILES string of the molecule is CC(C)CCC(=O)N1CCC(C(O)C(F)(F)F)CC1. The van der Waals surface area contributed by atoms with E-state index in [-0.39, 0.29) is 18.7 Å². The molecule has 1 atom stereocenters. The van der Waals surface area contributed by atoms with Gasteiger partial charge in [-0.05, 0) is 31.1 Å². The van der Waals surface area contributed by atoms with Crippen molar-refractivity contribution in [3.05, 3.63) is 0 Å². The van der Waals surface area contributed by atoms with Crippen LogP contribution in [-0.2, 0) is 4.79 Å². The van der Waals surface area contributed by atoms with Crippen LogP contribution in [0.5, 0.6) is 0 Å². The standard InChI is InChI=1S/C13H22F3NO2/c1-9(2)3-4-11(18)17-7-5-10(6-8-17)12(19)13(14,15)16/h9-10,12,19H,3-8H2,1-2H3. The average molecular weight is 281 g/mol. The zero-order valence-corrected chi connectivity index (χ0v) is 11.4. The van der Waals surface area contributed by atoms with Gasteiger partial charge in [-0.1, -0.05) is 13.8 Å². The summed E-state index contributed by atoms with van der Waals surface area (Å²) in [6.45, 7) is 4.68. The summed E-state index contributed by atoms with van der Waals surface area (Å²) in [5, 5.41) is 9.18. The number of likely N-dealkylation sites (tertiary alicyclic amines) is 1. The number of nitrogens with zero attached hydrogens (tertiary/aromatic N) is 1. The van der Waals surface area contributed by atoms with Crippen molar-refractivity contribution in [2.24, 2.45) is 11.8 Å². The first kappa shape index (κ1) is 16.3. The molecule has 3 nitrogen and oxygen atoms in total. The Bertz CT molecular complexity index is 297. The van der Waals surface area contributed by atoms with E-state index in [9.17, 15) is 23.1 Å². The van der Waals surface area contributed by atoms with Crippen LogP contribution in [0.25, 0.3) is 0 Å². The van der Waals surface area contributed by atoms with Crippen molar-refractivity contribution in [3.63, 3.8) is 0 Å². The fourth-order valence-electron chi connectivity index (χ4n) is 2.30. The van der Waals surface area contributed by atoms with Gasteiger partial charge in [0, 0.05) is 19.5 Å². The van der Waals surface area contributed by atoms with Gasteiger partial charge in [0.2, 0.25) is 5.91 Å². The first-order valence-electron chi connectivity index (χ1n) is 6.74. The van der Waals surface area contributed by atoms with E-state index >= 15 is 0 Å². The number of aliphatic hydroxyl groups is 1. The molecule has 0 aliphatic carbocycles. The normalized spacial score (nSPS) is 19.8. The minimum Gasteiger partial charge on any atom is -0.383 e. The number of hydrogen-bond acceptors (Lipinski definition) is 2. The number of amides is 1. The van der Waals surface area contributed by atoms with Crippen LogP contribution < -0.4 is 0 Å². The number of carbonyl (C=O) groups is 1. The average Bonchev–Trinajstić information content (AvgIpc) is 2.34. The van der Waals surface area contributed by atoms with Crippen LogP contribution in [0.2, 0.25) is 0 Å². The molecule has 1 N–H and O–H groups in total. The summed E-state index contributed by atoms with van der Waals surface area (Å²) in [6, 6.07) is 0. The maximum atomic E-state index is 12.4. The van der Waals surface area contributed by atoms with Gasteiger partial charge in [-0.25, -0.2) is 0 Å². The second kappa shape index (κ2) is 6.59. The van der Waals surface area contributed by atoms with Crippen molar-refractivity contribution >= 4 is 5.91 Å². The number of hydrogen-bond donors (Lipinski definition) is 1. The van der Waals surface area contributed by atoms with Crippen LogP contribution in [0.3, 0.4) is 0 Å². The Hall–Kier alpha value is -0.780. The van der Waals surface area contributed by atoms with E-state index in [1.807, 2.05) is 13.8 Å². The Morgan fingerprint density at radius 3 is 2.26 bits per heavy atom. The van der Waals surface area contributed by atoms with Gasteiger partial charge >= 0.3 is 6.18 Å². The van der Waals surface area contributed by atoms with E-state index < -0.39 is 18.2 Å². The first-order chi connectivity index (χ1) is 8.71. The molecule has 112 valence electrons. The molecule has 1 rings (SSSR count). The second-order valence-corrected chi connectivity index (χ2v) is 5.64. The number of rotatable bonds is 4. The third-order valence-electron chi connectivity index (χ3n) is 3.61. The molecule has 0 aromatic carbocycles. The topological polar surface area (TPSA) is 40.5 Å². The molecule has 1 saturated heterocycles. The van der Waals surface area contributed by atoms with Crippen LogP contribution in [0, 0.1) is 11.8 Å². The lowest BCUT2D eigenvalue weighted by atomic mass is 9.90. The lowest BCUT2D eigenvalue weighted by molar-refractivity contribution is -0.222. The van der Waals surface area contributed by atoms with Gasteiger partial charge in [-0.2, -0.15) is 13.2 Å². The van der Waals surface area contributed by atoms with Crippen LogP contribution in [0.4, 0.5) is 13.2 Å². The smallest absolute Gasteiger partial charge is 0.383 e. The minimum atomic E-state index is -4.56. The summed E-state index contributed by atoms with van der Waals surface area (Å²) < 4.78 is 37.1. The van der Waals surface area contributed by atoms with Gasteiger partial charge in [0.25, 0.3) is 0 Å². The lowest BCUT2D eigenvalue weighted by Gasteiger charge is -2.34. The molecule has 0 bridgehead atoms. The van der Waals surface area contributed by atoms with Gasteiger partial charge in [0.15, 0.2) is 6.10 Å². The summed E-state index contributed by atoms with van der Waals surface area (Å²) in [7, 11) is 0. The van der Waals surface area contributed by atoms with Crippen LogP contribution >= 0.6 is 0 Å². The van der Waals surface area contributed by atoms with Gasteiger partial charge in [0.05, 0.1) is 0 Å². The Morgan fingerprint density at radius 2 is 1.84 bits per heavy atom. The molecule has 0 spiro atoms. The highest BCUT2D eigenvalue weighted by Crippen LogP contribution is 2.31. The van der Waals surface area contributed by atoms with E-state index in [4.69, 9.17) is 0 Å². The zero-order valence-electron chi connectivity index (χ0n) is 11.4. The largest absolute Gasteiger partial charge is 0.414 e. The molecule has 1 unspecified atom stereocenters. The van der Waals surface area contributed by atoms with Gasteiger partial charge < -0.3 is 10.0 Å². The maximum absolute atomic E-state index is 12.4. The summed E-state index contributed by atoms with van der Waals surface area (Å²) >= 11 is 0. The third-order valence-corrected chi connectivity index (χ3v) is 3.61. The summed E-state index contributed by atoms with van der Waals surface area (Å²) in [5.41, 5.74) is 0. The molecule has 1 heterocycles. The number of carbonyl (C=O) groups excluding carboxylic acids is 1. The van der Waals surface area contributed by atoms with Crippen molar-refractivity contribution < 1.29 is 23.1 Å². The predicted molar refractivity (Wildman–Crippen MR) is 65.4 cm³/mol. The molecule has 0 radical (unpaired) electrons. The number of aliphatic hydroxyl groups excluding tert-OH is 1. The molecule has 0 aromatic heterocycles. The zero-order chi connectivity index (χ0) is 14.6. The van der Waals surface area contributed by atoms with E-state index in [0.29, 0.717) is 25.4 Å². The second-order valence-electron chi connectivity index (χ2n) is 5.64. The monoisotopic (exact) mass is 281 g/mol. The summed E-state index contributed by atoms with van der Waals surface area (Å²) in [5.74, 6) is -0.337. The highest BCUT2D eigenvalue weighted by molar-refractivity contribution is 5.76. The molecule has 1 amide bonds. The highest BCUT2D eigenvalue weighted by Gasteiger charge is 2.44. The maximum Gasteiger partial charge on any atom is 0.414 e. The number of alkyl halides is 3. The minimum absolute atomic E-state index is 0.00801. The molecule has 6 heteroatoms.